The van der Waals surface area contributed by atoms with Crippen LogP contribution in [0.1, 0.15) is 37.8 Å². The Morgan fingerprint density at radius 3 is 2.53 bits per heavy atom. The van der Waals surface area contributed by atoms with E-state index in [0.29, 0.717) is 25.4 Å². The second-order valence-electron chi connectivity index (χ2n) is 7.58. The third-order valence-corrected chi connectivity index (χ3v) is 5.43. The molecule has 0 bridgehead atoms. The number of carbonyl (C=O) groups excluding carboxylic acids is 2. The Kier molecular flexibility index (Phi) is 9.89. The Labute approximate surface area is 179 Å². The summed E-state index contributed by atoms with van der Waals surface area (Å²) in [4.78, 5) is 26.9. The van der Waals surface area contributed by atoms with Gasteiger partial charge in [0.05, 0.1) is 26.8 Å². The first-order valence-corrected chi connectivity index (χ1v) is 10.5. The van der Waals surface area contributed by atoms with Crippen LogP contribution in [0.15, 0.2) is 18.2 Å². The maximum Gasteiger partial charge on any atom is 0.234 e. The molecule has 8 nitrogen and oxygen atoms in total. The summed E-state index contributed by atoms with van der Waals surface area (Å²) in [5.41, 5.74) is 0.869. The summed E-state index contributed by atoms with van der Waals surface area (Å²) >= 11 is 0. The molecule has 168 valence electrons. The number of benzene rings is 1. The highest BCUT2D eigenvalue weighted by molar-refractivity contribution is 5.79. The zero-order chi connectivity index (χ0) is 21.9. The van der Waals surface area contributed by atoms with Crippen LogP contribution in [-0.4, -0.2) is 70.8 Å². The van der Waals surface area contributed by atoms with Crippen molar-refractivity contribution >= 4 is 11.8 Å². The molecular formula is C22H35N3O5. The number of likely N-dealkylation sites (tertiary alicyclic amines) is 1. The number of hydrogen-bond donors (Lipinski definition) is 2. The zero-order valence-corrected chi connectivity index (χ0v) is 18.5. The summed E-state index contributed by atoms with van der Waals surface area (Å²) in [6, 6.07) is 5.33. The van der Waals surface area contributed by atoms with E-state index in [2.05, 4.69) is 15.5 Å². The van der Waals surface area contributed by atoms with Gasteiger partial charge in [0.15, 0.2) is 0 Å². The lowest BCUT2D eigenvalue weighted by molar-refractivity contribution is -0.127. The fourth-order valence-corrected chi connectivity index (χ4v) is 3.67. The molecule has 1 unspecified atom stereocenters. The first-order valence-electron chi connectivity index (χ1n) is 10.5. The van der Waals surface area contributed by atoms with Crippen molar-refractivity contribution in [2.75, 3.05) is 54.1 Å². The molecule has 0 spiro atoms. The number of rotatable bonds is 11. The lowest BCUT2D eigenvalue weighted by Gasteiger charge is -2.31. The lowest BCUT2D eigenvalue weighted by atomic mass is 9.96. The van der Waals surface area contributed by atoms with Gasteiger partial charge in [0, 0.05) is 31.7 Å². The Morgan fingerprint density at radius 1 is 1.17 bits per heavy atom. The molecule has 1 aromatic rings. The number of ether oxygens (including phenoxy) is 3. The smallest absolute Gasteiger partial charge is 0.234 e. The summed E-state index contributed by atoms with van der Waals surface area (Å²) in [6.45, 7) is 5.00. The van der Waals surface area contributed by atoms with Crippen LogP contribution in [0.2, 0.25) is 0 Å². The zero-order valence-electron chi connectivity index (χ0n) is 18.5. The van der Waals surface area contributed by atoms with Crippen molar-refractivity contribution in [3.05, 3.63) is 23.8 Å². The van der Waals surface area contributed by atoms with Gasteiger partial charge in [-0.25, -0.2) is 0 Å². The Hall–Kier alpha value is -2.32. The van der Waals surface area contributed by atoms with Crippen molar-refractivity contribution in [2.45, 2.75) is 32.2 Å². The SMILES string of the molecule is COCCCNC(=O)C1CCN(CC(=O)NC(C)c2cc(OC)ccc2OC)CC1. The van der Waals surface area contributed by atoms with Crippen molar-refractivity contribution in [1.29, 1.82) is 0 Å². The van der Waals surface area contributed by atoms with Crippen LogP contribution in [0.3, 0.4) is 0 Å². The second kappa shape index (κ2) is 12.4. The predicted molar refractivity (Wildman–Crippen MR) is 115 cm³/mol. The van der Waals surface area contributed by atoms with Gasteiger partial charge in [-0.05, 0) is 57.5 Å². The minimum absolute atomic E-state index is 0.0202. The predicted octanol–water partition coefficient (Wildman–Crippen LogP) is 1.75. The number of piperidine rings is 1. The highest BCUT2D eigenvalue weighted by Crippen LogP contribution is 2.29. The maximum atomic E-state index is 12.6. The molecular weight excluding hydrogens is 386 g/mol. The highest BCUT2D eigenvalue weighted by atomic mass is 16.5. The largest absolute Gasteiger partial charge is 0.497 e. The van der Waals surface area contributed by atoms with Gasteiger partial charge in [-0.3, -0.25) is 14.5 Å². The summed E-state index contributed by atoms with van der Waals surface area (Å²) in [5.74, 6) is 1.51. The summed E-state index contributed by atoms with van der Waals surface area (Å²) in [6.07, 6.45) is 2.35. The fraction of sp³-hybridized carbons (Fsp3) is 0.636. The van der Waals surface area contributed by atoms with Gasteiger partial charge in [-0.2, -0.15) is 0 Å². The van der Waals surface area contributed by atoms with Crippen molar-refractivity contribution in [3.8, 4) is 11.5 Å². The van der Waals surface area contributed by atoms with E-state index in [1.54, 1.807) is 21.3 Å². The van der Waals surface area contributed by atoms with E-state index < -0.39 is 0 Å². The van der Waals surface area contributed by atoms with E-state index >= 15 is 0 Å². The molecule has 1 heterocycles. The number of hydrogen-bond acceptors (Lipinski definition) is 6. The van der Waals surface area contributed by atoms with Crippen molar-refractivity contribution in [1.82, 2.24) is 15.5 Å². The van der Waals surface area contributed by atoms with E-state index in [9.17, 15) is 9.59 Å². The number of amides is 2. The second-order valence-corrected chi connectivity index (χ2v) is 7.58. The van der Waals surface area contributed by atoms with Crippen molar-refractivity contribution in [3.63, 3.8) is 0 Å². The standard InChI is InChI=1S/C22H35N3O5/c1-16(19-14-18(29-3)6-7-20(19)30-4)24-21(26)15-25-11-8-17(9-12-25)22(27)23-10-5-13-28-2/h6-7,14,16-17H,5,8-13,15H2,1-4H3,(H,23,27)(H,24,26). The lowest BCUT2D eigenvalue weighted by Crippen LogP contribution is -2.45. The van der Waals surface area contributed by atoms with Crippen LogP contribution in [0, 0.1) is 5.92 Å². The van der Waals surface area contributed by atoms with Crippen molar-refractivity contribution < 1.29 is 23.8 Å². The third kappa shape index (κ3) is 7.18. The monoisotopic (exact) mass is 421 g/mol. The maximum absolute atomic E-state index is 12.6. The molecule has 1 atom stereocenters. The first kappa shape index (κ1) is 24.0. The van der Waals surface area contributed by atoms with E-state index in [4.69, 9.17) is 14.2 Å². The van der Waals surface area contributed by atoms with Crippen LogP contribution in [-0.2, 0) is 14.3 Å². The molecule has 1 fully saturated rings. The molecule has 1 aromatic carbocycles. The molecule has 2 rings (SSSR count). The van der Waals surface area contributed by atoms with Crippen LogP contribution in [0.5, 0.6) is 11.5 Å². The molecule has 0 radical (unpaired) electrons. The molecule has 0 aliphatic carbocycles. The molecule has 30 heavy (non-hydrogen) atoms. The number of nitrogens with one attached hydrogen (secondary N) is 2. The van der Waals surface area contributed by atoms with Crippen LogP contribution in [0.25, 0.3) is 0 Å². The number of nitrogens with zero attached hydrogens (tertiary/aromatic N) is 1. The van der Waals surface area contributed by atoms with Crippen LogP contribution >= 0.6 is 0 Å². The van der Waals surface area contributed by atoms with E-state index in [0.717, 1.165) is 43.7 Å². The average molecular weight is 422 g/mol. The minimum atomic E-state index is -0.210. The summed E-state index contributed by atoms with van der Waals surface area (Å²) in [7, 11) is 4.87. The Bertz CT molecular complexity index is 689. The Morgan fingerprint density at radius 2 is 1.90 bits per heavy atom. The van der Waals surface area contributed by atoms with E-state index in [1.165, 1.54) is 0 Å². The third-order valence-electron chi connectivity index (χ3n) is 5.43. The molecule has 0 aromatic heterocycles. The van der Waals surface area contributed by atoms with Crippen LogP contribution < -0.4 is 20.1 Å². The molecule has 8 heteroatoms. The minimum Gasteiger partial charge on any atom is -0.497 e. The Balaban J connectivity index is 1.78. The number of methoxy groups -OCH3 is 3. The molecule has 1 saturated heterocycles. The van der Waals surface area contributed by atoms with Gasteiger partial charge in [0.1, 0.15) is 11.5 Å². The van der Waals surface area contributed by atoms with Gasteiger partial charge < -0.3 is 24.8 Å². The fourth-order valence-electron chi connectivity index (χ4n) is 3.67. The van der Waals surface area contributed by atoms with Gasteiger partial charge in [0.2, 0.25) is 11.8 Å². The quantitative estimate of drug-likeness (QED) is 0.529. The van der Waals surface area contributed by atoms with Gasteiger partial charge in [-0.1, -0.05) is 0 Å². The molecule has 2 N–H and O–H groups in total. The normalized spacial score (nSPS) is 16.0. The number of carbonyl (C=O) groups is 2. The summed E-state index contributed by atoms with van der Waals surface area (Å²) in [5, 5.41) is 6.00. The van der Waals surface area contributed by atoms with E-state index in [1.807, 2.05) is 25.1 Å². The topological polar surface area (TPSA) is 89.1 Å². The van der Waals surface area contributed by atoms with Crippen molar-refractivity contribution in [2.24, 2.45) is 5.92 Å². The van der Waals surface area contributed by atoms with Gasteiger partial charge in [0.25, 0.3) is 0 Å². The highest BCUT2D eigenvalue weighted by Gasteiger charge is 2.26. The van der Waals surface area contributed by atoms with Gasteiger partial charge >= 0.3 is 0 Å². The molecule has 1 aliphatic heterocycles. The van der Waals surface area contributed by atoms with Crippen LogP contribution in [0.4, 0.5) is 0 Å². The molecule has 0 saturated carbocycles. The molecule has 1 aliphatic rings. The van der Waals surface area contributed by atoms with E-state index in [-0.39, 0.29) is 23.8 Å². The first-order chi connectivity index (χ1) is 14.5. The summed E-state index contributed by atoms with van der Waals surface area (Å²) < 4.78 is 15.7. The molecule has 2 amide bonds. The average Bonchev–Trinajstić information content (AvgIpc) is 2.76. The van der Waals surface area contributed by atoms with Gasteiger partial charge in [-0.15, -0.1) is 0 Å².